The monoisotopic (exact) mass is 159 g/mol. The van der Waals surface area contributed by atoms with Gasteiger partial charge >= 0.3 is 0 Å². The highest BCUT2D eigenvalue weighted by Gasteiger charge is 2.13. The summed E-state index contributed by atoms with van der Waals surface area (Å²) in [5.41, 5.74) is -0.0985. The van der Waals surface area contributed by atoms with Gasteiger partial charge in [-0.2, -0.15) is 0 Å². The van der Waals surface area contributed by atoms with Crippen LogP contribution in [-0.2, 0) is 4.79 Å². The van der Waals surface area contributed by atoms with Gasteiger partial charge in [0, 0.05) is 5.54 Å². The Hall–Kier alpha value is -0.570. The summed E-state index contributed by atoms with van der Waals surface area (Å²) < 4.78 is 0. The Balaban J connectivity index is 3.53. The molecule has 3 heteroatoms. The molecule has 0 aliphatic rings. The zero-order valence-electron chi connectivity index (χ0n) is 7.90. The van der Waals surface area contributed by atoms with Crippen LogP contribution >= 0.6 is 0 Å². The summed E-state index contributed by atoms with van der Waals surface area (Å²) in [6.07, 6.45) is 0. The van der Waals surface area contributed by atoms with Crippen LogP contribution in [0.1, 0.15) is 27.7 Å². The zero-order chi connectivity index (χ0) is 8.91. The Morgan fingerprint density at radius 1 is 1.45 bits per heavy atom. The van der Waals surface area contributed by atoms with Crippen molar-refractivity contribution in [1.82, 2.24) is 5.32 Å². The van der Waals surface area contributed by atoms with Gasteiger partial charge in [-0.3, -0.25) is 4.79 Å². The molecular formula is C8H19N2O+. The number of nitrogens with two attached hydrogens (primary N) is 1. The maximum atomic E-state index is 11.1. The van der Waals surface area contributed by atoms with Gasteiger partial charge in [-0.05, 0) is 27.7 Å². The lowest BCUT2D eigenvalue weighted by molar-refractivity contribution is -0.640. The van der Waals surface area contributed by atoms with Crippen LogP contribution in [0.2, 0.25) is 0 Å². The van der Waals surface area contributed by atoms with E-state index in [2.05, 4.69) is 5.32 Å². The number of carbonyl (C=O) groups excluding carboxylic acids is 1. The predicted octanol–water partition coefficient (Wildman–Crippen LogP) is -0.516. The largest absolute Gasteiger partial charge is 0.347 e. The highest BCUT2D eigenvalue weighted by Crippen LogP contribution is 1.96. The summed E-state index contributed by atoms with van der Waals surface area (Å²) in [5.74, 6) is 0.111. The molecule has 0 atom stereocenters. The van der Waals surface area contributed by atoms with E-state index in [-0.39, 0.29) is 11.4 Å². The standard InChI is InChI=1S/C8H18N2O/c1-5-9-6-7(11)10-8(2,3)4/h9H,5-6H2,1-4H3,(H,10,11)/p+1. The molecule has 0 spiro atoms. The summed E-state index contributed by atoms with van der Waals surface area (Å²) in [6.45, 7) is 9.47. The maximum absolute atomic E-state index is 11.1. The van der Waals surface area contributed by atoms with Crippen molar-refractivity contribution >= 4 is 5.91 Å². The summed E-state index contributed by atoms with van der Waals surface area (Å²) in [6, 6.07) is 0. The van der Waals surface area contributed by atoms with E-state index in [1.807, 2.05) is 33.0 Å². The van der Waals surface area contributed by atoms with Crippen molar-refractivity contribution in [3.8, 4) is 0 Å². The second kappa shape index (κ2) is 4.34. The first-order valence-electron chi connectivity index (χ1n) is 4.08. The van der Waals surface area contributed by atoms with E-state index in [1.165, 1.54) is 0 Å². The van der Waals surface area contributed by atoms with Crippen molar-refractivity contribution in [2.45, 2.75) is 33.2 Å². The topological polar surface area (TPSA) is 45.7 Å². The smallest absolute Gasteiger partial charge is 0.275 e. The fraction of sp³-hybridized carbons (Fsp3) is 0.875. The van der Waals surface area contributed by atoms with E-state index in [0.29, 0.717) is 6.54 Å². The molecule has 3 N–H and O–H groups in total. The average Bonchev–Trinajstić information content (AvgIpc) is 1.79. The molecule has 11 heavy (non-hydrogen) atoms. The number of quaternary nitrogens is 1. The second-order valence-electron chi connectivity index (χ2n) is 3.70. The molecule has 0 aromatic heterocycles. The van der Waals surface area contributed by atoms with Gasteiger partial charge in [-0.1, -0.05) is 0 Å². The molecule has 0 saturated heterocycles. The van der Waals surface area contributed by atoms with Crippen LogP contribution in [0, 0.1) is 0 Å². The van der Waals surface area contributed by atoms with Crippen LogP contribution in [0.15, 0.2) is 0 Å². The Kier molecular flexibility index (Phi) is 4.11. The minimum absolute atomic E-state index is 0.0985. The van der Waals surface area contributed by atoms with Crippen LogP contribution in [-0.4, -0.2) is 24.5 Å². The summed E-state index contributed by atoms with van der Waals surface area (Å²) in [4.78, 5) is 11.1. The minimum Gasteiger partial charge on any atom is -0.347 e. The van der Waals surface area contributed by atoms with Gasteiger partial charge in [0.2, 0.25) is 0 Å². The lowest BCUT2D eigenvalue weighted by atomic mass is 10.1. The molecule has 0 unspecified atom stereocenters. The molecule has 0 radical (unpaired) electrons. The molecule has 0 heterocycles. The van der Waals surface area contributed by atoms with Crippen LogP contribution in [0.3, 0.4) is 0 Å². The SMILES string of the molecule is CC[NH2+]CC(=O)NC(C)(C)C. The lowest BCUT2D eigenvalue weighted by Gasteiger charge is -2.19. The molecule has 0 fully saturated rings. The minimum atomic E-state index is -0.0985. The normalized spacial score (nSPS) is 11.3. The molecule has 3 nitrogen and oxygen atoms in total. The molecular weight excluding hydrogens is 140 g/mol. The first kappa shape index (κ1) is 10.4. The molecule has 0 aromatic carbocycles. The average molecular weight is 159 g/mol. The van der Waals surface area contributed by atoms with Crippen molar-refractivity contribution in [3.63, 3.8) is 0 Å². The summed E-state index contributed by atoms with van der Waals surface area (Å²) in [5, 5.41) is 4.86. The van der Waals surface area contributed by atoms with E-state index < -0.39 is 0 Å². The van der Waals surface area contributed by atoms with Gasteiger partial charge in [0.05, 0.1) is 6.54 Å². The van der Waals surface area contributed by atoms with E-state index in [0.717, 1.165) is 6.54 Å². The van der Waals surface area contributed by atoms with Crippen LogP contribution < -0.4 is 10.6 Å². The second-order valence-corrected chi connectivity index (χ2v) is 3.70. The number of rotatable bonds is 3. The number of nitrogens with one attached hydrogen (secondary N) is 1. The van der Waals surface area contributed by atoms with E-state index in [9.17, 15) is 4.79 Å². The molecule has 0 rings (SSSR count). The predicted molar refractivity (Wildman–Crippen MR) is 45.2 cm³/mol. The molecule has 66 valence electrons. The number of likely N-dealkylation sites (N-methyl/N-ethyl adjacent to an activating group) is 1. The number of hydrogen-bond donors (Lipinski definition) is 2. The summed E-state index contributed by atoms with van der Waals surface area (Å²) in [7, 11) is 0. The van der Waals surface area contributed by atoms with Crippen molar-refractivity contribution in [2.75, 3.05) is 13.1 Å². The Morgan fingerprint density at radius 2 is 2.00 bits per heavy atom. The van der Waals surface area contributed by atoms with Crippen molar-refractivity contribution < 1.29 is 10.1 Å². The molecule has 0 aromatic rings. The van der Waals surface area contributed by atoms with E-state index >= 15 is 0 Å². The van der Waals surface area contributed by atoms with Crippen LogP contribution in [0.5, 0.6) is 0 Å². The summed E-state index contributed by atoms with van der Waals surface area (Å²) >= 11 is 0. The van der Waals surface area contributed by atoms with E-state index in [1.54, 1.807) is 0 Å². The Morgan fingerprint density at radius 3 is 2.36 bits per heavy atom. The highest BCUT2D eigenvalue weighted by molar-refractivity contribution is 5.77. The lowest BCUT2D eigenvalue weighted by Crippen LogP contribution is -2.86. The molecule has 0 aliphatic heterocycles. The first-order valence-corrected chi connectivity index (χ1v) is 4.08. The third-order valence-corrected chi connectivity index (χ3v) is 1.13. The van der Waals surface area contributed by atoms with Crippen molar-refractivity contribution in [2.24, 2.45) is 0 Å². The third-order valence-electron chi connectivity index (χ3n) is 1.13. The molecule has 1 amide bonds. The Bertz CT molecular complexity index is 127. The molecule has 0 aliphatic carbocycles. The van der Waals surface area contributed by atoms with Gasteiger partial charge < -0.3 is 10.6 Å². The third kappa shape index (κ3) is 7.33. The fourth-order valence-electron chi connectivity index (χ4n) is 0.745. The Labute approximate surface area is 68.6 Å². The van der Waals surface area contributed by atoms with Crippen LogP contribution in [0.4, 0.5) is 0 Å². The zero-order valence-corrected chi connectivity index (χ0v) is 7.90. The van der Waals surface area contributed by atoms with Gasteiger partial charge in [0.25, 0.3) is 5.91 Å². The molecule has 0 saturated carbocycles. The number of amides is 1. The maximum Gasteiger partial charge on any atom is 0.275 e. The van der Waals surface area contributed by atoms with E-state index in [4.69, 9.17) is 0 Å². The van der Waals surface area contributed by atoms with Gasteiger partial charge in [0.1, 0.15) is 0 Å². The van der Waals surface area contributed by atoms with Crippen LogP contribution in [0.25, 0.3) is 0 Å². The van der Waals surface area contributed by atoms with Gasteiger partial charge in [-0.15, -0.1) is 0 Å². The van der Waals surface area contributed by atoms with Crippen molar-refractivity contribution in [3.05, 3.63) is 0 Å². The van der Waals surface area contributed by atoms with Gasteiger partial charge in [-0.25, -0.2) is 0 Å². The van der Waals surface area contributed by atoms with Crippen molar-refractivity contribution in [1.29, 1.82) is 0 Å². The molecule has 0 bridgehead atoms. The fourth-order valence-corrected chi connectivity index (χ4v) is 0.745. The number of hydrogen-bond acceptors (Lipinski definition) is 1. The van der Waals surface area contributed by atoms with Gasteiger partial charge in [0.15, 0.2) is 6.54 Å². The number of carbonyl (C=O) groups is 1. The highest BCUT2D eigenvalue weighted by atomic mass is 16.2. The first-order chi connectivity index (χ1) is 4.95. The quantitative estimate of drug-likeness (QED) is 0.572.